The first-order valence-electron chi connectivity index (χ1n) is 16.2. The van der Waals surface area contributed by atoms with Crippen molar-refractivity contribution in [3.63, 3.8) is 0 Å². The number of carbonyl (C=O) groups is 2. The van der Waals surface area contributed by atoms with E-state index in [-0.39, 0.29) is 20.8 Å². The summed E-state index contributed by atoms with van der Waals surface area (Å²) in [6.45, 7) is 4.13. The third-order valence-corrected chi connectivity index (χ3v) is 12.3. The predicted octanol–water partition coefficient (Wildman–Crippen LogP) is 10.1. The molecule has 256 valence electrons. The quantitative estimate of drug-likeness (QED) is 0.0530. The molecule has 0 aliphatic heterocycles. The summed E-state index contributed by atoms with van der Waals surface area (Å²) in [5, 5.41) is 0. The summed E-state index contributed by atoms with van der Waals surface area (Å²) < 4.78 is 39.2. The van der Waals surface area contributed by atoms with Gasteiger partial charge in [-0.3, -0.25) is 9.59 Å². The van der Waals surface area contributed by atoms with Crippen LogP contribution < -0.4 is 9.47 Å². The third kappa shape index (κ3) is 7.67. The molecule has 0 heterocycles. The molecular formula is C43H35IO6S. The number of methoxy groups -OCH3 is 1. The molecule has 0 radical (unpaired) electrons. The molecule has 0 aliphatic carbocycles. The number of sulfone groups is 1. The van der Waals surface area contributed by atoms with Gasteiger partial charge in [0.15, 0.2) is 0 Å². The molecule has 6 rings (SSSR count). The molecule has 0 saturated heterocycles. The van der Waals surface area contributed by atoms with Crippen LogP contribution in [0.3, 0.4) is 0 Å². The standard InChI is InChI=1S/C43H35IO6S/c1-29-4-6-32(7-5-29)41(45)42(46)33-10-8-30(9-11-33)31-12-24-39(25-13-31)51(47,48)40-26-22-38(23-27-40)50-37-20-16-35(17-21-37)43(2,28-44)34-14-18-36(49-3)19-15-34/h4-27H,28H2,1-3H3. The van der Waals surface area contributed by atoms with Crippen LogP contribution in [0, 0.1) is 6.92 Å². The Morgan fingerprint density at radius 3 is 1.37 bits per heavy atom. The Hall–Kier alpha value is -5.06. The number of alkyl halides is 1. The summed E-state index contributed by atoms with van der Waals surface area (Å²) in [6, 6.07) is 42.6. The number of Topliss-reactive ketones (excluding diaryl/α,β-unsaturated/α-hetero) is 2. The number of rotatable bonds is 12. The zero-order valence-electron chi connectivity index (χ0n) is 28.3. The molecular weight excluding hydrogens is 771 g/mol. The summed E-state index contributed by atoms with van der Waals surface area (Å²) in [5.41, 5.74) is 5.34. The zero-order chi connectivity index (χ0) is 36.2. The van der Waals surface area contributed by atoms with Gasteiger partial charge in [-0.2, -0.15) is 0 Å². The molecule has 0 aliphatic rings. The van der Waals surface area contributed by atoms with Gasteiger partial charge in [0, 0.05) is 21.0 Å². The first-order chi connectivity index (χ1) is 24.5. The highest BCUT2D eigenvalue weighted by Crippen LogP contribution is 2.36. The molecule has 0 spiro atoms. The Balaban J connectivity index is 1.10. The molecule has 8 heteroatoms. The van der Waals surface area contributed by atoms with E-state index in [0.717, 1.165) is 32.4 Å². The first-order valence-corrected chi connectivity index (χ1v) is 19.2. The summed E-state index contributed by atoms with van der Waals surface area (Å²) in [7, 11) is -2.13. The van der Waals surface area contributed by atoms with E-state index in [1.807, 2.05) is 31.2 Å². The van der Waals surface area contributed by atoms with Crippen molar-refractivity contribution in [1.29, 1.82) is 0 Å². The van der Waals surface area contributed by atoms with Crippen molar-refractivity contribution in [3.05, 3.63) is 173 Å². The summed E-state index contributed by atoms with van der Waals surface area (Å²) in [4.78, 5) is 25.7. The van der Waals surface area contributed by atoms with Gasteiger partial charge in [-0.1, -0.05) is 120 Å². The normalized spacial score (nSPS) is 12.5. The molecule has 0 aromatic heterocycles. The van der Waals surface area contributed by atoms with Crippen molar-refractivity contribution < 1.29 is 27.5 Å². The minimum atomic E-state index is -3.79. The van der Waals surface area contributed by atoms with Crippen molar-refractivity contribution in [2.75, 3.05) is 11.5 Å². The second-order valence-corrected chi connectivity index (χ2v) is 15.1. The van der Waals surface area contributed by atoms with Gasteiger partial charge >= 0.3 is 0 Å². The Kier molecular flexibility index (Phi) is 10.5. The number of ether oxygens (including phenoxy) is 2. The fraction of sp³-hybridized carbons (Fsp3) is 0.116. The van der Waals surface area contributed by atoms with Gasteiger partial charge in [0.25, 0.3) is 0 Å². The molecule has 6 nitrogen and oxygen atoms in total. The first kappa shape index (κ1) is 35.8. The second kappa shape index (κ2) is 15.0. The lowest BCUT2D eigenvalue weighted by atomic mass is 9.78. The highest BCUT2D eigenvalue weighted by atomic mass is 127. The molecule has 0 bridgehead atoms. The average molecular weight is 807 g/mol. The van der Waals surface area contributed by atoms with Crippen molar-refractivity contribution in [1.82, 2.24) is 0 Å². The number of benzene rings is 6. The fourth-order valence-electron chi connectivity index (χ4n) is 5.74. The van der Waals surface area contributed by atoms with E-state index in [0.29, 0.717) is 17.1 Å². The molecule has 6 aromatic rings. The lowest BCUT2D eigenvalue weighted by Gasteiger charge is -2.29. The molecule has 6 aromatic carbocycles. The SMILES string of the molecule is COc1ccc(C(C)(CI)c2ccc(Oc3ccc(S(=O)(=O)c4ccc(-c5ccc(C(=O)C(=O)c6ccc(C)cc6)cc5)cc4)cc3)cc2)cc1. The van der Waals surface area contributed by atoms with E-state index in [1.54, 1.807) is 92.0 Å². The summed E-state index contributed by atoms with van der Waals surface area (Å²) >= 11 is 2.41. The molecule has 1 atom stereocenters. The maximum absolute atomic E-state index is 13.5. The van der Waals surface area contributed by atoms with E-state index in [4.69, 9.17) is 9.47 Å². The van der Waals surface area contributed by atoms with Crippen LogP contribution in [0.2, 0.25) is 0 Å². The number of aryl methyl sites for hydroxylation is 1. The molecule has 0 N–H and O–H groups in total. The number of ketones is 2. The van der Waals surface area contributed by atoms with Gasteiger partial charge in [-0.05, 0) is 89.8 Å². The molecule has 0 saturated carbocycles. The minimum Gasteiger partial charge on any atom is -0.497 e. The third-order valence-electron chi connectivity index (χ3n) is 9.02. The van der Waals surface area contributed by atoms with Crippen molar-refractivity contribution in [3.8, 4) is 28.4 Å². The van der Waals surface area contributed by atoms with E-state index in [9.17, 15) is 18.0 Å². The largest absolute Gasteiger partial charge is 0.497 e. The van der Waals surface area contributed by atoms with E-state index in [1.165, 1.54) is 17.7 Å². The lowest BCUT2D eigenvalue weighted by molar-refractivity contribution is 0.0817. The second-order valence-electron chi connectivity index (χ2n) is 12.4. The van der Waals surface area contributed by atoms with E-state index >= 15 is 0 Å². The van der Waals surface area contributed by atoms with Crippen LogP contribution in [0.25, 0.3) is 11.1 Å². The van der Waals surface area contributed by atoms with Crippen LogP contribution in [-0.2, 0) is 15.3 Å². The van der Waals surface area contributed by atoms with Gasteiger partial charge < -0.3 is 9.47 Å². The predicted molar refractivity (Wildman–Crippen MR) is 208 cm³/mol. The van der Waals surface area contributed by atoms with Gasteiger partial charge in [-0.15, -0.1) is 0 Å². The van der Waals surface area contributed by atoms with Crippen LogP contribution in [0.4, 0.5) is 0 Å². The number of hydrogen-bond donors (Lipinski definition) is 0. The molecule has 1 unspecified atom stereocenters. The topological polar surface area (TPSA) is 86.7 Å². The minimum absolute atomic E-state index is 0.149. The monoisotopic (exact) mass is 806 g/mol. The van der Waals surface area contributed by atoms with E-state index < -0.39 is 21.4 Å². The molecule has 51 heavy (non-hydrogen) atoms. The van der Waals surface area contributed by atoms with Crippen LogP contribution >= 0.6 is 22.6 Å². The Morgan fingerprint density at radius 1 is 0.569 bits per heavy atom. The number of halogens is 1. The van der Waals surface area contributed by atoms with Gasteiger partial charge in [0.2, 0.25) is 21.4 Å². The van der Waals surface area contributed by atoms with Crippen LogP contribution in [0.5, 0.6) is 17.2 Å². The zero-order valence-corrected chi connectivity index (χ0v) is 31.3. The Labute approximate surface area is 312 Å². The van der Waals surface area contributed by atoms with Crippen LogP contribution in [-0.4, -0.2) is 31.5 Å². The Bertz CT molecular complexity index is 2260. The van der Waals surface area contributed by atoms with E-state index in [2.05, 4.69) is 53.8 Å². The number of carbonyl (C=O) groups excluding carboxylic acids is 2. The highest BCUT2D eigenvalue weighted by Gasteiger charge is 2.28. The maximum atomic E-state index is 13.5. The Morgan fingerprint density at radius 2 is 0.941 bits per heavy atom. The van der Waals surface area contributed by atoms with Crippen molar-refractivity contribution in [2.24, 2.45) is 0 Å². The average Bonchev–Trinajstić information content (AvgIpc) is 3.18. The maximum Gasteiger partial charge on any atom is 0.233 e. The van der Waals surface area contributed by atoms with Crippen molar-refractivity contribution in [2.45, 2.75) is 29.1 Å². The van der Waals surface area contributed by atoms with Crippen LogP contribution in [0.1, 0.15) is 44.3 Å². The number of hydrogen-bond acceptors (Lipinski definition) is 6. The highest BCUT2D eigenvalue weighted by molar-refractivity contribution is 14.1. The summed E-state index contributed by atoms with van der Waals surface area (Å²) in [5.74, 6) is 0.837. The summed E-state index contributed by atoms with van der Waals surface area (Å²) in [6.07, 6.45) is 0. The fourth-order valence-corrected chi connectivity index (χ4v) is 7.88. The van der Waals surface area contributed by atoms with Gasteiger partial charge in [0.1, 0.15) is 17.2 Å². The lowest BCUT2D eigenvalue weighted by Crippen LogP contribution is -2.25. The van der Waals surface area contributed by atoms with Gasteiger partial charge in [0.05, 0.1) is 16.9 Å². The smallest absolute Gasteiger partial charge is 0.233 e. The van der Waals surface area contributed by atoms with Crippen molar-refractivity contribution >= 4 is 44.0 Å². The van der Waals surface area contributed by atoms with Gasteiger partial charge in [-0.25, -0.2) is 8.42 Å². The van der Waals surface area contributed by atoms with Crippen LogP contribution in [0.15, 0.2) is 155 Å². The molecule has 0 amide bonds. The molecule has 0 fully saturated rings.